The van der Waals surface area contributed by atoms with E-state index < -0.39 is 0 Å². The third kappa shape index (κ3) is 3.54. The van der Waals surface area contributed by atoms with Crippen molar-refractivity contribution in [2.24, 2.45) is 11.8 Å². The molecule has 1 saturated heterocycles. The van der Waals surface area contributed by atoms with E-state index in [-0.39, 0.29) is 5.75 Å². The fourth-order valence-corrected chi connectivity index (χ4v) is 4.15. The highest BCUT2D eigenvalue weighted by Gasteiger charge is 2.41. The minimum Gasteiger partial charge on any atom is -0.506 e. The first-order valence-corrected chi connectivity index (χ1v) is 8.84. The summed E-state index contributed by atoms with van der Waals surface area (Å²) in [7, 11) is 0. The number of hydrogen-bond acceptors (Lipinski definition) is 4. The Morgan fingerprint density at radius 3 is 2.46 bits per heavy atom. The van der Waals surface area contributed by atoms with Gasteiger partial charge in [0.15, 0.2) is 0 Å². The van der Waals surface area contributed by atoms with E-state index in [1.54, 1.807) is 6.07 Å². The molecule has 2 heterocycles. The molecule has 1 aliphatic carbocycles. The summed E-state index contributed by atoms with van der Waals surface area (Å²) in [6.07, 6.45) is 5.20. The van der Waals surface area contributed by atoms with Crippen molar-refractivity contribution in [3.8, 4) is 11.5 Å². The van der Waals surface area contributed by atoms with E-state index in [1.807, 2.05) is 36.4 Å². The molecular weight excluding hydrogens is 300 g/mol. The molecular formula is C20H24N2O2. The first-order chi connectivity index (χ1) is 11.8. The molecule has 4 nitrogen and oxygen atoms in total. The average Bonchev–Trinajstić information content (AvgIpc) is 3.13. The molecule has 1 N–H and O–H groups in total. The maximum Gasteiger partial charge on any atom is 0.133 e. The quantitative estimate of drug-likeness (QED) is 0.918. The Hall–Kier alpha value is -2.07. The van der Waals surface area contributed by atoms with Crippen molar-refractivity contribution in [2.45, 2.75) is 25.4 Å². The monoisotopic (exact) mass is 324 g/mol. The number of nitrogens with zero attached hydrogens (tertiary/aromatic N) is 2. The first-order valence-electron chi connectivity index (χ1n) is 8.84. The van der Waals surface area contributed by atoms with Gasteiger partial charge in [0.05, 0.1) is 12.3 Å². The molecule has 1 saturated carbocycles. The van der Waals surface area contributed by atoms with Crippen LogP contribution in [0.1, 0.15) is 18.5 Å². The van der Waals surface area contributed by atoms with Gasteiger partial charge in [-0.1, -0.05) is 18.2 Å². The van der Waals surface area contributed by atoms with E-state index in [0.717, 1.165) is 36.2 Å². The molecule has 1 aliphatic heterocycles. The summed E-state index contributed by atoms with van der Waals surface area (Å²) in [6, 6.07) is 13.8. The first kappa shape index (κ1) is 15.5. The van der Waals surface area contributed by atoms with Crippen molar-refractivity contribution in [1.29, 1.82) is 0 Å². The zero-order chi connectivity index (χ0) is 16.4. The van der Waals surface area contributed by atoms with Crippen molar-refractivity contribution in [3.05, 3.63) is 54.4 Å². The van der Waals surface area contributed by atoms with Crippen molar-refractivity contribution < 1.29 is 9.84 Å². The smallest absolute Gasteiger partial charge is 0.133 e. The topological polar surface area (TPSA) is 45.6 Å². The zero-order valence-corrected chi connectivity index (χ0v) is 13.8. The van der Waals surface area contributed by atoms with Gasteiger partial charge in [-0.15, -0.1) is 0 Å². The van der Waals surface area contributed by atoms with E-state index in [1.165, 1.54) is 32.1 Å². The van der Waals surface area contributed by atoms with E-state index in [4.69, 9.17) is 4.74 Å². The number of pyridine rings is 1. The number of fused-ring (bicyclic) bond motifs is 1. The van der Waals surface area contributed by atoms with Gasteiger partial charge < -0.3 is 14.7 Å². The van der Waals surface area contributed by atoms with E-state index in [9.17, 15) is 5.11 Å². The highest BCUT2D eigenvalue weighted by Crippen LogP contribution is 2.39. The van der Waals surface area contributed by atoms with Gasteiger partial charge in [-0.05, 0) is 48.9 Å². The normalized spacial score (nSPS) is 26.4. The van der Waals surface area contributed by atoms with Crippen LogP contribution in [-0.2, 0) is 6.42 Å². The summed E-state index contributed by atoms with van der Waals surface area (Å²) in [5.41, 5.74) is 1.05. The molecule has 1 aromatic carbocycles. The number of likely N-dealkylation sites (tertiary alicyclic amines) is 1. The van der Waals surface area contributed by atoms with Crippen LogP contribution in [-0.4, -0.2) is 40.7 Å². The van der Waals surface area contributed by atoms with Gasteiger partial charge in [-0.25, -0.2) is 0 Å². The summed E-state index contributed by atoms with van der Waals surface area (Å²) in [6.45, 7) is 3.41. The maximum absolute atomic E-state index is 9.29. The van der Waals surface area contributed by atoms with Crippen LogP contribution in [0.3, 0.4) is 0 Å². The van der Waals surface area contributed by atoms with Crippen LogP contribution in [0.25, 0.3) is 0 Å². The summed E-state index contributed by atoms with van der Waals surface area (Å²) < 4.78 is 6.14. The van der Waals surface area contributed by atoms with Gasteiger partial charge in [0.1, 0.15) is 11.5 Å². The van der Waals surface area contributed by atoms with E-state index >= 15 is 0 Å². The Kier molecular flexibility index (Phi) is 4.39. The molecule has 0 spiro atoms. The van der Waals surface area contributed by atoms with Gasteiger partial charge >= 0.3 is 0 Å². The lowest BCUT2D eigenvalue weighted by molar-refractivity contribution is 0.186. The predicted octanol–water partition coefficient (Wildman–Crippen LogP) is 3.12. The molecule has 4 rings (SSSR count). The maximum atomic E-state index is 9.29. The van der Waals surface area contributed by atoms with Crippen molar-refractivity contribution >= 4 is 0 Å². The van der Waals surface area contributed by atoms with Crippen LogP contribution in [0.2, 0.25) is 0 Å². The fraction of sp³-hybridized carbons (Fsp3) is 0.450. The average molecular weight is 324 g/mol. The number of rotatable bonds is 5. The molecule has 0 radical (unpaired) electrons. The van der Waals surface area contributed by atoms with Crippen LogP contribution >= 0.6 is 0 Å². The molecule has 2 fully saturated rings. The summed E-state index contributed by atoms with van der Waals surface area (Å²) in [5, 5.41) is 9.29. The van der Waals surface area contributed by atoms with E-state index in [0.29, 0.717) is 6.10 Å². The number of aromatic nitrogens is 1. The highest BCUT2D eigenvalue weighted by atomic mass is 16.5. The Morgan fingerprint density at radius 2 is 1.79 bits per heavy atom. The lowest BCUT2D eigenvalue weighted by Gasteiger charge is -2.19. The van der Waals surface area contributed by atoms with Gasteiger partial charge in [0.2, 0.25) is 0 Å². The molecule has 3 atom stereocenters. The summed E-state index contributed by atoms with van der Waals surface area (Å²) in [5.74, 6) is 2.77. The van der Waals surface area contributed by atoms with Gasteiger partial charge in [-0.2, -0.15) is 0 Å². The second kappa shape index (κ2) is 6.81. The molecule has 2 unspecified atom stereocenters. The minimum absolute atomic E-state index is 0.235. The Labute approximate surface area is 143 Å². The van der Waals surface area contributed by atoms with Crippen LogP contribution < -0.4 is 4.74 Å². The van der Waals surface area contributed by atoms with Gasteiger partial charge in [0, 0.05) is 31.7 Å². The third-order valence-electron chi connectivity index (χ3n) is 5.32. The number of benzene rings is 1. The number of aromatic hydroxyl groups is 1. The van der Waals surface area contributed by atoms with Crippen LogP contribution in [0.15, 0.2) is 48.7 Å². The summed E-state index contributed by atoms with van der Waals surface area (Å²) in [4.78, 5) is 6.83. The zero-order valence-electron chi connectivity index (χ0n) is 13.8. The number of hydrogen-bond donors (Lipinski definition) is 1. The molecule has 24 heavy (non-hydrogen) atoms. The summed E-state index contributed by atoms with van der Waals surface area (Å²) >= 11 is 0. The van der Waals surface area contributed by atoms with Crippen LogP contribution in [0, 0.1) is 11.8 Å². The number of ether oxygens (including phenoxy) is 1. The number of para-hydroxylation sites is 1. The molecule has 2 aromatic rings. The Bertz CT molecular complexity index is 645. The van der Waals surface area contributed by atoms with Crippen molar-refractivity contribution in [1.82, 2.24) is 9.88 Å². The highest BCUT2D eigenvalue weighted by molar-refractivity contribution is 5.21. The molecule has 1 aromatic heterocycles. The van der Waals surface area contributed by atoms with Crippen LogP contribution in [0.4, 0.5) is 0 Å². The predicted molar refractivity (Wildman–Crippen MR) is 93.1 cm³/mol. The largest absolute Gasteiger partial charge is 0.506 e. The van der Waals surface area contributed by atoms with Crippen molar-refractivity contribution in [3.63, 3.8) is 0 Å². The second-order valence-electron chi connectivity index (χ2n) is 7.06. The molecule has 0 bridgehead atoms. The Balaban J connectivity index is 1.25. The minimum atomic E-state index is 0.235. The fourth-order valence-electron chi connectivity index (χ4n) is 4.15. The molecule has 4 heteroatoms. The standard InChI is InChI=1S/C20H24N2O2/c23-18-7-6-17(21-12-18)8-9-22-13-15-10-20(11-16(15)14-22)24-19-4-2-1-3-5-19/h1-7,12,15-16,20,23H,8-11,13-14H2/t15-,16?,20?/m0/s1. The van der Waals surface area contributed by atoms with Crippen molar-refractivity contribution in [2.75, 3.05) is 19.6 Å². The van der Waals surface area contributed by atoms with E-state index in [2.05, 4.69) is 9.88 Å². The van der Waals surface area contributed by atoms with Crippen LogP contribution in [0.5, 0.6) is 11.5 Å². The third-order valence-corrected chi connectivity index (χ3v) is 5.32. The molecule has 126 valence electrons. The van der Waals surface area contributed by atoms with Gasteiger partial charge in [0.25, 0.3) is 0 Å². The van der Waals surface area contributed by atoms with Gasteiger partial charge in [-0.3, -0.25) is 4.98 Å². The Morgan fingerprint density at radius 1 is 1.04 bits per heavy atom. The molecule has 0 amide bonds. The lowest BCUT2D eigenvalue weighted by Crippen LogP contribution is -2.26. The molecule has 2 aliphatic rings. The lowest BCUT2D eigenvalue weighted by atomic mass is 10.0. The second-order valence-corrected chi connectivity index (χ2v) is 7.06. The SMILES string of the molecule is Oc1ccc(CCN2CC3CC(Oc4ccccc4)C[C@H]3C2)nc1.